The molecule has 2 heterocycles. The second-order valence-electron chi connectivity index (χ2n) is 7.29. The number of para-hydroxylation sites is 2. The minimum absolute atomic E-state index is 0.184. The van der Waals surface area contributed by atoms with Gasteiger partial charge >= 0.3 is 0 Å². The number of hydrogen-bond donors (Lipinski definition) is 0. The van der Waals surface area contributed by atoms with Crippen LogP contribution >= 0.6 is 0 Å². The molecular weight excluding hydrogens is 339 g/mol. The van der Waals surface area contributed by atoms with E-state index in [4.69, 9.17) is 0 Å². The van der Waals surface area contributed by atoms with Crippen LogP contribution in [0.15, 0.2) is 91.0 Å². The Hall–Kier alpha value is -3.77. The van der Waals surface area contributed by atoms with Crippen molar-refractivity contribution in [2.45, 2.75) is 0 Å². The Bertz CT molecular complexity index is 1420. The average Bonchev–Trinajstić information content (AvgIpc) is 3.11. The first kappa shape index (κ1) is 15.3. The summed E-state index contributed by atoms with van der Waals surface area (Å²) < 4.78 is 2.34. The van der Waals surface area contributed by atoms with Crippen molar-refractivity contribution in [3.05, 3.63) is 96.6 Å². The summed E-state index contributed by atoms with van der Waals surface area (Å²) in [6, 6.07) is 34.3. The van der Waals surface area contributed by atoms with E-state index in [1.165, 1.54) is 27.6 Å². The first-order valence-electron chi connectivity index (χ1n) is 9.49. The summed E-state index contributed by atoms with van der Waals surface area (Å²) in [5, 5.41) is 11.9. The van der Waals surface area contributed by atoms with Gasteiger partial charge in [-0.3, -0.25) is 0 Å². The lowest BCUT2D eigenvalue weighted by Gasteiger charge is -2.26. The molecular formula is C25H15BN2. The van der Waals surface area contributed by atoms with E-state index in [2.05, 4.69) is 89.5 Å². The highest BCUT2D eigenvalue weighted by Crippen LogP contribution is 2.34. The molecule has 0 amide bonds. The van der Waals surface area contributed by atoms with E-state index < -0.39 is 0 Å². The van der Waals surface area contributed by atoms with Gasteiger partial charge in [0.25, 0.3) is 0 Å². The Labute approximate surface area is 163 Å². The van der Waals surface area contributed by atoms with Gasteiger partial charge in [-0.15, -0.1) is 0 Å². The normalized spacial score (nSPS) is 12.2. The Kier molecular flexibility index (Phi) is 3.07. The van der Waals surface area contributed by atoms with Gasteiger partial charge in [-0.1, -0.05) is 78.3 Å². The summed E-state index contributed by atoms with van der Waals surface area (Å²) in [6.45, 7) is 0.184. The molecule has 0 N–H and O–H groups in total. The standard InChI is InChI=1S/C25H15BN2/c27-16-17-8-6-15-23-24(17)19-11-7-13-21-25(19)28(23)22-14-5-4-12-20(22)26(21)18-9-2-1-3-10-18/h1-15H. The number of benzene rings is 4. The predicted octanol–water partition coefficient (Wildman–Crippen LogP) is 3.48. The quantitative estimate of drug-likeness (QED) is 0.416. The molecule has 0 saturated carbocycles. The van der Waals surface area contributed by atoms with Crippen LogP contribution in [0.5, 0.6) is 0 Å². The van der Waals surface area contributed by atoms with Gasteiger partial charge in [0.05, 0.1) is 17.1 Å². The number of hydrogen-bond acceptors (Lipinski definition) is 1. The maximum atomic E-state index is 9.73. The minimum atomic E-state index is 0.184. The summed E-state index contributed by atoms with van der Waals surface area (Å²) >= 11 is 0. The molecule has 0 radical (unpaired) electrons. The Morgan fingerprint density at radius 1 is 0.714 bits per heavy atom. The largest absolute Gasteiger partial charge is 0.310 e. The molecule has 0 bridgehead atoms. The minimum Gasteiger partial charge on any atom is -0.310 e. The van der Waals surface area contributed by atoms with Crippen molar-refractivity contribution < 1.29 is 0 Å². The molecule has 5 aromatic rings. The zero-order valence-electron chi connectivity index (χ0n) is 15.1. The lowest BCUT2D eigenvalue weighted by atomic mass is 9.35. The van der Waals surface area contributed by atoms with Crippen molar-refractivity contribution in [3.63, 3.8) is 0 Å². The Morgan fingerprint density at radius 2 is 1.46 bits per heavy atom. The SMILES string of the molecule is N#Cc1cccc2c1c1cccc3c1n2-c1ccccc1B3c1ccccc1. The third kappa shape index (κ3) is 1.87. The van der Waals surface area contributed by atoms with Crippen molar-refractivity contribution in [3.8, 4) is 11.8 Å². The third-order valence-electron chi connectivity index (χ3n) is 5.90. The zero-order chi connectivity index (χ0) is 18.7. The molecule has 3 heteroatoms. The predicted molar refractivity (Wildman–Crippen MR) is 117 cm³/mol. The second kappa shape index (κ2) is 5.61. The third-order valence-corrected chi connectivity index (χ3v) is 5.90. The molecule has 28 heavy (non-hydrogen) atoms. The molecule has 0 saturated heterocycles. The van der Waals surface area contributed by atoms with E-state index in [0.717, 1.165) is 21.9 Å². The Balaban J connectivity index is 1.86. The monoisotopic (exact) mass is 354 g/mol. The average molecular weight is 354 g/mol. The highest BCUT2D eigenvalue weighted by Gasteiger charge is 2.33. The second-order valence-corrected chi connectivity index (χ2v) is 7.29. The van der Waals surface area contributed by atoms with Crippen molar-refractivity contribution in [1.29, 1.82) is 5.26 Å². The van der Waals surface area contributed by atoms with E-state index in [0.29, 0.717) is 0 Å². The molecule has 4 aromatic carbocycles. The van der Waals surface area contributed by atoms with Crippen molar-refractivity contribution in [2.24, 2.45) is 0 Å². The molecule has 0 unspecified atom stereocenters. The maximum absolute atomic E-state index is 9.73. The molecule has 0 fully saturated rings. The fourth-order valence-corrected chi connectivity index (χ4v) is 4.83. The Morgan fingerprint density at radius 3 is 2.32 bits per heavy atom. The maximum Gasteiger partial charge on any atom is 0.246 e. The van der Waals surface area contributed by atoms with Crippen molar-refractivity contribution >= 4 is 44.9 Å². The first-order chi connectivity index (χ1) is 13.9. The number of fused-ring (bicyclic) bond motifs is 5. The van der Waals surface area contributed by atoms with Crippen LogP contribution in [-0.2, 0) is 0 Å². The van der Waals surface area contributed by atoms with E-state index in [1.807, 2.05) is 12.1 Å². The number of nitriles is 1. The van der Waals surface area contributed by atoms with Gasteiger partial charge in [-0.05, 0) is 29.1 Å². The van der Waals surface area contributed by atoms with Crippen LogP contribution < -0.4 is 16.4 Å². The van der Waals surface area contributed by atoms with Gasteiger partial charge in [0.15, 0.2) is 0 Å². The number of aromatic nitrogens is 1. The molecule has 1 aliphatic heterocycles. The summed E-state index contributed by atoms with van der Waals surface area (Å²) in [5.74, 6) is 0. The van der Waals surface area contributed by atoms with Crippen LogP contribution in [-0.4, -0.2) is 11.3 Å². The van der Waals surface area contributed by atoms with Gasteiger partial charge in [0.1, 0.15) is 0 Å². The van der Waals surface area contributed by atoms with Gasteiger partial charge in [0, 0.05) is 22.0 Å². The molecule has 0 spiro atoms. The van der Waals surface area contributed by atoms with Crippen LogP contribution in [0.1, 0.15) is 5.56 Å². The molecule has 0 atom stereocenters. The van der Waals surface area contributed by atoms with Gasteiger partial charge in [-0.25, -0.2) is 0 Å². The van der Waals surface area contributed by atoms with Gasteiger partial charge < -0.3 is 4.57 Å². The first-order valence-corrected chi connectivity index (χ1v) is 9.49. The molecule has 2 nitrogen and oxygen atoms in total. The lowest BCUT2D eigenvalue weighted by molar-refractivity contribution is 1.19. The molecule has 1 aromatic heterocycles. The summed E-state index contributed by atoms with van der Waals surface area (Å²) in [6.07, 6.45) is 0. The summed E-state index contributed by atoms with van der Waals surface area (Å²) in [4.78, 5) is 0. The smallest absolute Gasteiger partial charge is 0.246 e. The molecule has 1 aliphatic rings. The fraction of sp³-hybridized carbons (Fsp3) is 0. The molecule has 128 valence electrons. The van der Waals surface area contributed by atoms with E-state index in [9.17, 15) is 5.26 Å². The highest BCUT2D eigenvalue weighted by molar-refractivity contribution is 6.98. The summed E-state index contributed by atoms with van der Waals surface area (Å²) in [7, 11) is 0. The van der Waals surface area contributed by atoms with E-state index >= 15 is 0 Å². The number of nitrogens with zero attached hydrogens (tertiary/aromatic N) is 2. The van der Waals surface area contributed by atoms with Gasteiger partial charge in [0.2, 0.25) is 6.71 Å². The van der Waals surface area contributed by atoms with Crippen LogP contribution in [0.3, 0.4) is 0 Å². The lowest BCUT2D eigenvalue weighted by Crippen LogP contribution is -2.55. The zero-order valence-corrected chi connectivity index (χ0v) is 15.1. The molecule has 6 rings (SSSR count). The van der Waals surface area contributed by atoms with Crippen LogP contribution in [0.4, 0.5) is 0 Å². The van der Waals surface area contributed by atoms with Crippen molar-refractivity contribution in [2.75, 3.05) is 0 Å². The highest BCUT2D eigenvalue weighted by atomic mass is 15.0. The topological polar surface area (TPSA) is 28.7 Å². The van der Waals surface area contributed by atoms with Crippen LogP contribution in [0.2, 0.25) is 0 Å². The van der Waals surface area contributed by atoms with E-state index in [1.54, 1.807) is 0 Å². The summed E-state index contributed by atoms with van der Waals surface area (Å²) in [5.41, 5.74) is 8.13. The van der Waals surface area contributed by atoms with Crippen LogP contribution in [0, 0.1) is 11.3 Å². The van der Waals surface area contributed by atoms with E-state index in [-0.39, 0.29) is 6.71 Å². The fourth-order valence-electron chi connectivity index (χ4n) is 4.83. The van der Waals surface area contributed by atoms with Crippen molar-refractivity contribution in [1.82, 2.24) is 4.57 Å². The van der Waals surface area contributed by atoms with Crippen LogP contribution in [0.25, 0.3) is 27.5 Å². The number of rotatable bonds is 1. The molecule has 0 aliphatic carbocycles. The van der Waals surface area contributed by atoms with Gasteiger partial charge in [-0.2, -0.15) is 5.26 Å².